The van der Waals surface area contributed by atoms with Crippen molar-refractivity contribution in [3.63, 3.8) is 0 Å². The van der Waals surface area contributed by atoms with Crippen LogP contribution < -0.4 is 4.74 Å². The third kappa shape index (κ3) is 2.31. The highest BCUT2D eigenvalue weighted by Crippen LogP contribution is 2.29. The lowest BCUT2D eigenvalue weighted by Crippen LogP contribution is -1.91. The van der Waals surface area contributed by atoms with Crippen molar-refractivity contribution in [2.75, 3.05) is 7.11 Å². The highest BCUT2D eigenvalue weighted by atomic mass is 35.7. The molecule has 2 aromatic rings. The second kappa shape index (κ2) is 4.76. The van der Waals surface area contributed by atoms with E-state index in [2.05, 4.69) is 9.97 Å². The summed E-state index contributed by atoms with van der Waals surface area (Å²) >= 11 is 0. The molecule has 0 saturated carbocycles. The van der Waals surface area contributed by atoms with Gasteiger partial charge in [0.25, 0.3) is 0 Å². The topological polar surface area (TPSA) is 39.9 Å². The van der Waals surface area contributed by atoms with Crippen LogP contribution in [0.4, 0.5) is 0 Å². The van der Waals surface area contributed by atoms with Crippen LogP contribution in [0.25, 0.3) is 11.4 Å². The van der Waals surface area contributed by atoms with Gasteiger partial charge < -0.3 is 9.30 Å². The lowest BCUT2D eigenvalue weighted by atomic mass is 10.3. The Labute approximate surface area is 102 Å². The molecule has 2 rings (SSSR count). The van der Waals surface area contributed by atoms with Gasteiger partial charge in [0.1, 0.15) is 5.69 Å². The van der Waals surface area contributed by atoms with Gasteiger partial charge in [-0.25, -0.2) is 9.97 Å². The molecule has 0 saturated heterocycles. The number of ether oxygens (including phenoxy) is 1. The highest BCUT2D eigenvalue weighted by molar-refractivity contribution is 8.21. The fraction of sp³-hybridized carbons (Fsp3) is 0.200. The molecule has 16 heavy (non-hydrogen) atoms. The van der Waals surface area contributed by atoms with Crippen molar-refractivity contribution in [2.24, 2.45) is 7.05 Å². The molecular formula is C10H10ClN3OS. The summed E-state index contributed by atoms with van der Waals surface area (Å²) in [5.74, 6) is 0.534. The molecule has 0 spiro atoms. The first-order valence-corrected chi connectivity index (χ1v) is 6.20. The molecule has 0 aliphatic rings. The monoisotopic (exact) mass is 255 g/mol. The van der Waals surface area contributed by atoms with Gasteiger partial charge in [-0.2, -0.15) is 0 Å². The van der Waals surface area contributed by atoms with Crippen molar-refractivity contribution in [1.29, 1.82) is 0 Å². The van der Waals surface area contributed by atoms with Crippen LogP contribution >= 0.6 is 21.7 Å². The van der Waals surface area contributed by atoms with Gasteiger partial charge in [0.05, 0.1) is 19.1 Å². The van der Waals surface area contributed by atoms with Gasteiger partial charge in [-0.3, -0.25) is 0 Å². The largest absolute Gasteiger partial charge is 0.481 e. The first kappa shape index (κ1) is 11.3. The first-order chi connectivity index (χ1) is 7.72. The van der Waals surface area contributed by atoms with Gasteiger partial charge in [-0.1, -0.05) is 0 Å². The lowest BCUT2D eigenvalue weighted by molar-refractivity contribution is 0.397. The van der Waals surface area contributed by atoms with Gasteiger partial charge in [0.15, 0.2) is 0 Å². The van der Waals surface area contributed by atoms with Crippen LogP contribution in [0.3, 0.4) is 0 Å². The van der Waals surface area contributed by atoms with Crippen molar-refractivity contribution in [3.05, 3.63) is 24.7 Å². The molecule has 0 bridgehead atoms. The van der Waals surface area contributed by atoms with Crippen LogP contribution in [-0.2, 0) is 7.05 Å². The van der Waals surface area contributed by atoms with E-state index in [1.165, 1.54) is 0 Å². The number of nitrogens with zero attached hydrogens (tertiary/aromatic N) is 3. The van der Waals surface area contributed by atoms with Crippen LogP contribution in [0.15, 0.2) is 29.6 Å². The molecule has 0 aromatic carbocycles. The average Bonchev–Trinajstić information content (AvgIpc) is 2.75. The molecule has 84 valence electrons. The summed E-state index contributed by atoms with van der Waals surface area (Å²) < 4.78 is 6.97. The third-order valence-corrected chi connectivity index (χ3v) is 2.99. The Balaban J connectivity index is 2.47. The number of aromatic nitrogens is 3. The molecule has 0 amide bonds. The lowest BCUT2D eigenvalue weighted by Gasteiger charge is -2.03. The maximum atomic E-state index is 5.73. The molecule has 0 fully saturated rings. The van der Waals surface area contributed by atoms with Crippen LogP contribution in [0.1, 0.15) is 0 Å². The summed E-state index contributed by atoms with van der Waals surface area (Å²) in [6.07, 6.45) is 3.62. The van der Waals surface area contributed by atoms with Crippen LogP contribution in [0, 0.1) is 0 Å². The Hall–Kier alpha value is -1.20. The fourth-order valence-electron chi connectivity index (χ4n) is 1.31. The maximum Gasteiger partial charge on any atom is 0.214 e. The number of rotatable bonds is 3. The Morgan fingerprint density at radius 3 is 2.75 bits per heavy atom. The quantitative estimate of drug-likeness (QED) is 0.846. The second-order valence-electron chi connectivity index (χ2n) is 3.23. The summed E-state index contributed by atoms with van der Waals surface area (Å²) in [7, 11) is 10.3. The van der Waals surface area contributed by atoms with Crippen molar-refractivity contribution < 1.29 is 4.74 Å². The molecule has 0 atom stereocenters. The molecule has 0 aliphatic heterocycles. The molecule has 0 aliphatic carbocycles. The summed E-state index contributed by atoms with van der Waals surface area (Å²) in [6.45, 7) is 0. The van der Waals surface area contributed by atoms with E-state index in [1.54, 1.807) is 19.5 Å². The van der Waals surface area contributed by atoms with Gasteiger partial charge in [0, 0.05) is 24.2 Å². The van der Waals surface area contributed by atoms with E-state index < -0.39 is 0 Å². The number of halogens is 1. The zero-order chi connectivity index (χ0) is 11.5. The molecule has 0 N–H and O–H groups in total. The Morgan fingerprint density at radius 1 is 1.38 bits per heavy atom. The van der Waals surface area contributed by atoms with Crippen molar-refractivity contribution in [3.8, 4) is 17.3 Å². The first-order valence-electron chi connectivity index (χ1n) is 4.56. The number of aryl methyl sites for hydroxylation is 1. The van der Waals surface area contributed by atoms with E-state index in [1.807, 2.05) is 23.9 Å². The number of pyridine rings is 1. The maximum absolute atomic E-state index is 5.73. The minimum absolute atomic E-state index is 0.534. The smallest absolute Gasteiger partial charge is 0.214 e. The molecule has 0 unspecified atom stereocenters. The normalized spacial score (nSPS) is 10.4. The van der Waals surface area contributed by atoms with E-state index >= 15 is 0 Å². The fourth-order valence-corrected chi connectivity index (χ4v) is 1.88. The number of imidazole rings is 1. The van der Waals surface area contributed by atoms with Gasteiger partial charge in [-0.15, -0.1) is 0 Å². The molecule has 6 heteroatoms. The van der Waals surface area contributed by atoms with Crippen molar-refractivity contribution in [2.45, 2.75) is 4.90 Å². The molecule has 0 radical (unpaired) electrons. The van der Waals surface area contributed by atoms with Crippen molar-refractivity contribution in [1.82, 2.24) is 14.5 Å². The third-order valence-electron chi connectivity index (χ3n) is 2.04. The Morgan fingerprint density at radius 2 is 2.19 bits per heavy atom. The average molecular weight is 256 g/mol. The van der Waals surface area contributed by atoms with Gasteiger partial charge in [-0.05, 0) is 27.7 Å². The zero-order valence-electron chi connectivity index (χ0n) is 8.85. The minimum atomic E-state index is 0.534. The number of methoxy groups -OCH3 is 1. The van der Waals surface area contributed by atoms with E-state index in [-0.39, 0.29) is 0 Å². The summed E-state index contributed by atoms with van der Waals surface area (Å²) in [6, 6.07) is 3.66. The number of hydrogen-bond acceptors (Lipinski definition) is 4. The SMILES string of the molecule is COc1cc(SCl)cc(-c2cn(C)cn2)n1. The summed E-state index contributed by atoms with van der Waals surface area (Å²) in [5.41, 5.74) is 1.55. The summed E-state index contributed by atoms with van der Waals surface area (Å²) in [5, 5.41) is 0. The van der Waals surface area contributed by atoms with Gasteiger partial charge in [0.2, 0.25) is 5.88 Å². The van der Waals surface area contributed by atoms with Crippen molar-refractivity contribution >= 4 is 21.7 Å². The predicted molar refractivity (Wildman–Crippen MR) is 64.7 cm³/mol. The van der Waals surface area contributed by atoms with Gasteiger partial charge >= 0.3 is 0 Å². The Bertz CT molecular complexity index is 478. The zero-order valence-corrected chi connectivity index (χ0v) is 10.4. The molecule has 4 nitrogen and oxygen atoms in total. The molecule has 2 aromatic heterocycles. The second-order valence-corrected chi connectivity index (χ2v) is 4.32. The van der Waals surface area contributed by atoms with E-state index in [9.17, 15) is 0 Å². The van der Waals surface area contributed by atoms with Crippen LogP contribution in [0.2, 0.25) is 0 Å². The van der Waals surface area contributed by atoms with Crippen LogP contribution in [-0.4, -0.2) is 21.6 Å². The van der Waals surface area contributed by atoms with Crippen LogP contribution in [0.5, 0.6) is 5.88 Å². The summed E-state index contributed by atoms with van der Waals surface area (Å²) in [4.78, 5) is 9.43. The number of hydrogen-bond donors (Lipinski definition) is 0. The highest BCUT2D eigenvalue weighted by Gasteiger charge is 2.07. The Kier molecular flexibility index (Phi) is 3.36. The van der Waals surface area contributed by atoms with E-state index in [0.717, 1.165) is 27.3 Å². The van der Waals surface area contributed by atoms with E-state index in [4.69, 9.17) is 15.4 Å². The molecule has 2 heterocycles. The van der Waals surface area contributed by atoms with E-state index in [0.29, 0.717) is 5.88 Å². The molecular weight excluding hydrogens is 246 g/mol. The standard InChI is InChI=1S/C10H10ClN3OS/c1-14-5-9(12-6-14)8-3-7(16-11)4-10(13-8)15-2/h3-6H,1-2H3. The predicted octanol–water partition coefficient (Wildman–Crippen LogP) is 2.74. The minimum Gasteiger partial charge on any atom is -0.481 e.